The van der Waals surface area contributed by atoms with Crippen molar-refractivity contribution in [3.05, 3.63) is 48.3 Å². The van der Waals surface area contributed by atoms with Crippen molar-refractivity contribution in [2.75, 3.05) is 23.2 Å². The minimum absolute atomic E-state index is 0.311. The highest BCUT2D eigenvalue weighted by atomic mass is 32.2. The zero-order valence-corrected chi connectivity index (χ0v) is 11.9. The van der Waals surface area contributed by atoms with Crippen LogP contribution in [-0.2, 0) is 16.4 Å². The maximum absolute atomic E-state index is 12.6. The second kappa shape index (κ2) is 4.79. The Morgan fingerprint density at radius 2 is 2.15 bits per heavy atom. The van der Waals surface area contributed by atoms with Crippen LogP contribution in [-0.4, -0.2) is 27.0 Å². The van der Waals surface area contributed by atoms with Crippen LogP contribution in [0.25, 0.3) is 0 Å². The monoisotopic (exact) mass is 289 g/mol. The highest BCUT2D eigenvalue weighted by molar-refractivity contribution is 7.92. The molecule has 0 aliphatic carbocycles. The normalized spacial score (nSPS) is 13.7. The number of aromatic nitrogens is 1. The summed E-state index contributed by atoms with van der Waals surface area (Å²) < 4.78 is 26.5. The van der Waals surface area contributed by atoms with E-state index in [-0.39, 0.29) is 0 Å². The summed E-state index contributed by atoms with van der Waals surface area (Å²) >= 11 is 0. The predicted octanol–water partition coefficient (Wildman–Crippen LogP) is 1.87. The molecule has 0 fully saturated rings. The van der Waals surface area contributed by atoms with Crippen LogP contribution in [0.1, 0.15) is 5.56 Å². The summed E-state index contributed by atoms with van der Waals surface area (Å²) in [7, 11) is -2.01. The highest BCUT2D eigenvalue weighted by Crippen LogP contribution is 2.27. The molecular weight excluding hydrogens is 274 g/mol. The van der Waals surface area contributed by atoms with Gasteiger partial charge in [0, 0.05) is 25.5 Å². The molecule has 2 heterocycles. The molecule has 1 aromatic carbocycles. The average molecular weight is 289 g/mol. The summed E-state index contributed by atoms with van der Waals surface area (Å²) in [6.45, 7) is 0.858. The summed E-state index contributed by atoms with van der Waals surface area (Å²) in [5.41, 5.74) is 2.62. The minimum Gasteiger partial charge on any atom is -0.384 e. The Hall–Kier alpha value is -2.08. The summed E-state index contributed by atoms with van der Waals surface area (Å²) in [5, 5.41) is 3.22. The topological polar surface area (TPSA) is 62.3 Å². The first-order chi connectivity index (χ1) is 9.59. The van der Waals surface area contributed by atoms with E-state index in [1.54, 1.807) is 30.5 Å². The molecule has 0 radical (unpaired) electrons. The first-order valence-corrected chi connectivity index (χ1v) is 7.79. The molecule has 5 nitrogen and oxygen atoms in total. The van der Waals surface area contributed by atoms with Crippen molar-refractivity contribution in [2.24, 2.45) is 0 Å². The van der Waals surface area contributed by atoms with E-state index >= 15 is 0 Å². The second-order valence-corrected chi connectivity index (χ2v) is 6.65. The fraction of sp³-hybridized carbons (Fsp3) is 0.214. The molecule has 104 valence electrons. The molecule has 20 heavy (non-hydrogen) atoms. The Morgan fingerprint density at radius 3 is 2.90 bits per heavy atom. The van der Waals surface area contributed by atoms with Gasteiger partial charge < -0.3 is 5.32 Å². The molecule has 1 N–H and O–H groups in total. The third kappa shape index (κ3) is 2.12. The van der Waals surface area contributed by atoms with E-state index in [1.165, 1.54) is 17.5 Å². The first kappa shape index (κ1) is 12.9. The summed E-state index contributed by atoms with van der Waals surface area (Å²) in [6.07, 6.45) is 4.01. The standard InChI is InChI=1S/C14H15N3O2S/c1-17(12-3-2-7-15-10-12)20(18,19)13-4-5-14-11(9-13)6-8-16-14/h2-5,7,9-10,16H,6,8H2,1H3. The number of nitrogens with zero attached hydrogens (tertiary/aromatic N) is 2. The van der Waals surface area contributed by atoms with Gasteiger partial charge in [-0.2, -0.15) is 0 Å². The number of pyridine rings is 1. The largest absolute Gasteiger partial charge is 0.384 e. The van der Waals surface area contributed by atoms with Gasteiger partial charge in [0.1, 0.15) is 0 Å². The summed E-state index contributed by atoms with van der Waals surface area (Å²) in [5.74, 6) is 0. The molecular formula is C14H15N3O2S. The smallest absolute Gasteiger partial charge is 0.264 e. The number of anilines is 2. The number of sulfonamides is 1. The molecule has 6 heteroatoms. The fourth-order valence-corrected chi connectivity index (χ4v) is 3.51. The van der Waals surface area contributed by atoms with Crippen molar-refractivity contribution in [3.8, 4) is 0 Å². The van der Waals surface area contributed by atoms with Crippen molar-refractivity contribution in [1.82, 2.24) is 4.98 Å². The number of benzene rings is 1. The van der Waals surface area contributed by atoms with Gasteiger partial charge in [0.2, 0.25) is 0 Å². The van der Waals surface area contributed by atoms with Crippen LogP contribution in [0.4, 0.5) is 11.4 Å². The number of hydrogen-bond acceptors (Lipinski definition) is 4. The molecule has 0 unspecified atom stereocenters. The van der Waals surface area contributed by atoms with E-state index in [2.05, 4.69) is 10.3 Å². The summed E-state index contributed by atoms with van der Waals surface area (Å²) in [6, 6.07) is 8.65. The number of hydrogen-bond donors (Lipinski definition) is 1. The molecule has 1 aromatic heterocycles. The van der Waals surface area contributed by atoms with Crippen LogP contribution in [0.2, 0.25) is 0 Å². The highest BCUT2D eigenvalue weighted by Gasteiger charge is 2.23. The van der Waals surface area contributed by atoms with Gasteiger partial charge in [0.05, 0.1) is 16.8 Å². The van der Waals surface area contributed by atoms with E-state index in [1.807, 2.05) is 6.07 Å². The minimum atomic E-state index is -3.55. The van der Waals surface area contributed by atoms with Gasteiger partial charge in [-0.25, -0.2) is 8.42 Å². The lowest BCUT2D eigenvalue weighted by Gasteiger charge is -2.19. The molecule has 0 amide bonds. The van der Waals surface area contributed by atoms with E-state index < -0.39 is 10.0 Å². The average Bonchev–Trinajstić information content (AvgIpc) is 2.94. The molecule has 2 aromatic rings. The number of nitrogens with one attached hydrogen (secondary N) is 1. The lowest BCUT2D eigenvalue weighted by molar-refractivity contribution is 0.594. The third-order valence-electron chi connectivity index (χ3n) is 3.45. The maximum atomic E-state index is 12.6. The van der Waals surface area contributed by atoms with Gasteiger partial charge in [-0.3, -0.25) is 9.29 Å². The Labute approximate surface area is 118 Å². The first-order valence-electron chi connectivity index (χ1n) is 6.35. The van der Waals surface area contributed by atoms with Crippen molar-refractivity contribution >= 4 is 21.4 Å². The Balaban J connectivity index is 2.00. The fourth-order valence-electron chi connectivity index (χ4n) is 2.28. The van der Waals surface area contributed by atoms with E-state index in [0.717, 1.165) is 24.2 Å². The van der Waals surface area contributed by atoms with E-state index in [0.29, 0.717) is 10.6 Å². The quantitative estimate of drug-likeness (QED) is 0.937. The van der Waals surface area contributed by atoms with Gasteiger partial charge in [0.25, 0.3) is 10.0 Å². The Kier molecular flexibility index (Phi) is 3.10. The van der Waals surface area contributed by atoms with E-state index in [4.69, 9.17) is 0 Å². The molecule has 0 atom stereocenters. The molecule has 1 aliphatic rings. The van der Waals surface area contributed by atoms with Crippen LogP contribution in [0, 0.1) is 0 Å². The van der Waals surface area contributed by atoms with Gasteiger partial charge in [0.15, 0.2) is 0 Å². The van der Waals surface area contributed by atoms with Crippen molar-refractivity contribution in [3.63, 3.8) is 0 Å². The van der Waals surface area contributed by atoms with Crippen LogP contribution in [0.3, 0.4) is 0 Å². The predicted molar refractivity (Wildman–Crippen MR) is 78.5 cm³/mol. The molecule has 0 spiro atoms. The van der Waals surface area contributed by atoms with Crippen LogP contribution in [0.15, 0.2) is 47.6 Å². The molecule has 0 saturated carbocycles. The van der Waals surface area contributed by atoms with Crippen molar-refractivity contribution < 1.29 is 8.42 Å². The van der Waals surface area contributed by atoms with Gasteiger partial charge in [-0.15, -0.1) is 0 Å². The lowest BCUT2D eigenvalue weighted by atomic mass is 10.2. The number of rotatable bonds is 3. The zero-order valence-electron chi connectivity index (χ0n) is 11.1. The zero-order chi connectivity index (χ0) is 14.2. The molecule has 1 aliphatic heterocycles. The summed E-state index contributed by atoms with van der Waals surface area (Å²) in [4.78, 5) is 4.27. The molecule has 0 saturated heterocycles. The Bertz CT molecular complexity index is 729. The Morgan fingerprint density at radius 1 is 1.30 bits per heavy atom. The maximum Gasteiger partial charge on any atom is 0.264 e. The van der Waals surface area contributed by atoms with Crippen molar-refractivity contribution in [2.45, 2.75) is 11.3 Å². The SMILES string of the molecule is CN(c1cccnc1)S(=O)(=O)c1ccc2c(c1)CCN2. The van der Waals surface area contributed by atoms with Gasteiger partial charge in [-0.1, -0.05) is 0 Å². The van der Waals surface area contributed by atoms with E-state index in [9.17, 15) is 8.42 Å². The number of fused-ring (bicyclic) bond motifs is 1. The second-order valence-electron chi connectivity index (χ2n) is 4.68. The van der Waals surface area contributed by atoms with Gasteiger partial charge >= 0.3 is 0 Å². The lowest BCUT2D eigenvalue weighted by Crippen LogP contribution is -2.26. The molecule has 0 bridgehead atoms. The van der Waals surface area contributed by atoms with Crippen molar-refractivity contribution in [1.29, 1.82) is 0 Å². The molecule has 3 rings (SSSR count). The van der Waals surface area contributed by atoms with Crippen LogP contribution >= 0.6 is 0 Å². The van der Waals surface area contributed by atoms with Gasteiger partial charge in [-0.05, 0) is 42.3 Å². The van der Waals surface area contributed by atoms with Crippen LogP contribution < -0.4 is 9.62 Å². The third-order valence-corrected chi connectivity index (χ3v) is 5.24. The van der Waals surface area contributed by atoms with Crippen LogP contribution in [0.5, 0.6) is 0 Å².